The molecule has 2 heterocycles. The summed E-state index contributed by atoms with van der Waals surface area (Å²) in [6.07, 6.45) is 3.12. The predicted octanol–water partition coefficient (Wildman–Crippen LogP) is 0.318. The fourth-order valence-electron chi connectivity index (χ4n) is 0.888. The van der Waals surface area contributed by atoms with Crippen LogP contribution in [0.3, 0.4) is 0 Å². The molecule has 0 saturated carbocycles. The van der Waals surface area contributed by atoms with Crippen LogP contribution in [0.5, 0.6) is 0 Å². The number of nitrogens with zero attached hydrogens (tertiary/aromatic N) is 2. The molecule has 4 heteroatoms. The summed E-state index contributed by atoms with van der Waals surface area (Å²) in [5, 5.41) is 0.840. The average Bonchev–Trinajstić information content (AvgIpc) is 2.04. The van der Waals surface area contributed by atoms with Gasteiger partial charge in [0.05, 0.1) is 0 Å². The van der Waals surface area contributed by atoms with E-state index in [4.69, 9.17) is 0 Å². The highest BCUT2D eigenvalue weighted by Gasteiger charge is 1.91. The minimum Gasteiger partial charge on any atom is -0.290 e. The van der Waals surface area contributed by atoms with Crippen LogP contribution >= 0.6 is 0 Å². The van der Waals surface area contributed by atoms with Gasteiger partial charge in [0.1, 0.15) is 5.65 Å². The van der Waals surface area contributed by atoms with Gasteiger partial charge in [0.15, 0.2) is 0 Å². The normalized spacial score (nSPS) is 10.2. The first-order chi connectivity index (χ1) is 5.36. The van der Waals surface area contributed by atoms with Gasteiger partial charge in [-0.1, -0.05) is 0 Å². The lowest BCUT2D eigenvalue weighted by atomic mass is 10.3. The predicted molar refractivity (Wildman–Crippen MR) is 40.2 cm³/mol. The second-order valence-electron chi connectivity index (χ2n) is 2.13. The number of fused-ring (bicyclic) bond motifs is 1. The maximum atomic E-state index is 10.7. The summed E-state index contributed by atoms with van der Waals surface area (Å²) in [4.78, 5) is 20.7. The topological polar surface area (TPSA) is 58.6 Å². The quantitative estimate of drug-likeness (QED) is 0.583. The molecule has 0 saturated heterocycles. The Hall–Kier alpha value is -1.71. The van der Waals surface area contributed by atoms with Gasteiger partial charge in [-0.2, -0.15) is 0 Å². The van der Waals surface area contributed by atoms with E-state index in [0.717, 1.165) is 5.39 Å². The molecule has 0 spiro atoms. The van der Waals surface area contributed by atoms with E-state index in [1.54, 1.807) is 12.3 Å². The monoisotopic (exact) mass is 147 g/mol. The van der Waals surface area contributed by atoms with E-state index in [2.05, 4.69) is 15.0 Å². The Morgan fingerprint density at radius 3 is 3.18 bits per heavy atom. The molecule has 0 atom stereocenters. The van der Waals surface area contributed by atoms with Crippen molar-refractivity contribution in [3.8, 4) is 0 Å². The Kier molecular flexibility index (Phi) is 1.18. The van der Waals surface area contributed by atoms with E-state index in [1.165, 1.54) is 6.20 Å². The molecule has 0 bridgehead atoms. The van der Waals surface area contributed by atoms with E-state index in [9.17, 15) is 4.79 Å². The molecule has 0 aromatic carbocycles. The van der Waals surface area contributed by atoms with Gasteiger partial charge in [-0.05, 0) is 12.1 Å². The maximum Gasteiger partial charge on any atom is 0.346 e. The van der Waals surface area contributed by atoms with Crippen LogP contribution in [0.1, 0.15) is 0 Å². The van der Waals surface area contributed by atoms with Crippen LogP contribution in [0.15, 0.2) is 29.3 Å². The molecule has 2 aromatic heterocycles. The van der Waals surface area contributed by atoms with Crippen LogP contribution < -0.4 is 5.69 Å². The highest BCUT2D eigenvalue weighted by Crippen LogP contribution is 2.01. The van der Waals surface area contributed by atoms with E-state index >= 15 is 0 Å². The van der Waals surface area contributed by atoms with Crippen molar-refractivity contribution in [3.05, 3.63) is 35.0 Å². The van der Waals surface area contributed by atoms with Crippen LogP contribution in [0.2, 0.25) is 0 Å². The first kappa shape index (κ1) is 6.03. The summed E-state index contributed by atoms with van der Waals surface area (Å²) in [5.74, 6) is 0. The fraction of sp³-hybridized carbons (Fsp3) is 0. The average molecular weight is 147 g/mol. The summed E-state index contributed by atoms with van der Waals surface area (Å²) in [6, 6.07) is 3.63. The van der Waals surface area contributed by atoms with E-state index in [1.807, 2.05) is 6.07 Å². The Morgan fingerprint density at radius 2 is 2.27 bits per heavy atom. The number of hydrogen-bond acceptors (Lipinski definition) is 3. The Balaban J connectivity index is 2.94. The highest BCUT2D eigenvalue weighted by atomic mass is 16.1. The van der Waals surface area contributed by atoms with Crippen LogP contribution in [0, 0.1) is 0 Å². The van der Waals surface area contributed by atoms with Crippen LogP contribution in [0.25, 0.3) is 11.0 Å². The molecule has 0 aliphatic heterocycles. The number of hydrogen-bond donors (Lipinski definition) is 1. The van der Waals surface area contributed by atoms with Gasteiger partial charge in [-0.25, -0.2) is 14.8 Å². The SMILES string of the molecule is O=c1ncc2cccnc2[nH]1. The second-order valence-corrected chi connectivity index (χ2v) is 2.13. The van der Waals surface area contributed by atoms with Crippen molar-refractivity contribution < 1.29 is 0 Å². The number of aromatic amines is 1. The molecule has 0 aliphatic rings. The third-order valence-electron chi connectivity index (χ3n) is 1.39. The summed E-state index contributed by atoms with van der Waals surface area (Å²) in [7, 11) is 0. The number of H-pyrrole nitrogens is 1. The third kappa shape index (κ3) is 0.980. The molecular formula is C7H5N3O. The van der Waals surface area contributed by atoms with Crippen LogP contribution in [-0.2, 0) is 0 Å². The largest absolute Gasteiger partial charge is 0.346 e. The summed E-state index contributed by atoms with van der Waals surface area (Å²) >= 11 is 0. The van der Waals surface area contributed by atoms with Crippen molar-refractivity contribution >= 4 is 11.0 Å². The van der Waals surface area contributed by atoms with Crippen molar-refractivity contribution in [3.63, 3.8) is 0 Å². The molecule has 0 fully saturated rings. The van der Waals surface area contributed by atoms with Crippen molar-refractivity contribution in [2.24, 2.45) is 0 Å². The van der Waals surface area contributed by atoms with Crippen molar-refractivity contribution in [2.45, 2.75) is 0 Å². The molecular weight excluding hydrogens is 142 g/mol. The van der Waals surface area contributed by atoms with Gasteiger partial charge in [-0.3, -0.25) is 4.98 Å². The van der Waals surface area contributed by atoms with Crippen LogP contribution in [-0.4, -0.2) is 15.0 Å². The molecule has 1 N–H and O–H groups in total. The lowest BCUT2D eigenvalue weighted by molar-refractivity contribution is 1.10. The minimum atomic E-state index is -0.365. The second kappa shape index (κ2) is 2.16. The molecule has 0 unspecified atom stereocenters. The minimum absolute atomic E-state index is 0.365. The molecule has 0 aliphatic carbocycles. The summed E-state index contributed by atoms with van der Waals surface area (Å²) in [6.45, 7) is 0. The Bertz CT molecular complexity index is 435. The molecule has 54 valence electrons. The number of pyridine rings is 1. The Labute approximate surface area is 61.9 Å². The molecule has 2 rings (SSSR count). The van der Waals surface area contributed by atoms with Gasteiger partial charge in [-0.15, -0.1) is 0 Å². The molecule has 4 nitrogen and oxygen atoms in total. The highest BCUT2D eigenvalue weighted by molar-refractivity contribution is 5.72. The zero-order valence-corrected chi connectivity index (χ0v) is 5.61. The van der Waals surface area contributed by atoms with Crippen molar-refractivity contribution in [1.29, 1.82) is 0 Å². The van der Waals surface area contributed by atoms with Crippen LogP contribution in [0.4, 0.5) is 0 Å². The zero-order chi connectivity index (χ0) is 7.68. The lowest BCUT2D eigenvalue weighted by Crippen LogP contribution is -2.08. The van der Waals surface area contributed by atoms with E-state index < -0.39 is 0 Å². The summed E-state index contributed by atoms with van der Waals surface area (Å²) in [5.41, 5.74) is 0.212. The fourth-order valence-corrected chi connectivity index (χ4v) is 0.888. The Morgan fingerprint density at radius 1 is 1.36 bits per heavy atom. The third-order valence-corrected chi connectivity index (χ3v) is 1.39. The lowest BCUT2D eigenvalue weighted by Gasteiger charge is -1.91. The molecule has 2 aromatic rings. The smallest absolute Gasteiger partial charge is 0.290 e. The van der Waals surface area contributed by atoms with E-state index in [0.29, 0.717) is 5.65 Å². The number of rotatable bonds is 0. The first-order valence-electron chi connectivity index (χ1n) is 3.16. The van der Waals surface area contributed by atoms with Gasteiger partial charge >= 0.3 is 5.69 Å². The summed E-state index contributed by atoms with van der Waals surface area (Å²) < 4.78 is 0. The van der Waals surface area contributed by atoms with Crippen molar-refractivity contribution in [1.82, 2.24) is 15.0 Å². The van der Waals surface area contributed by atoms with Crippen molar-refractivity contribution in [2.75, 3.05) is 0 Å². The first-order valence-corrected chi connectivity index (χ1v) is 3.16. The van der Waals surface area contributed by atoms with Gasteiger partial charge < -0.3 is 0 Å². The van der Waals surface area contributed by atoms with Gasteiger partial charge in [0, 0.05) is 17.8 Å². The standard InChI is InChI=1S/C7H5N3O/c11-7-9-4-5-2-1-3-8-6(5)10-7/h1-4H,(H,8,9,10,11). The van der Waals surface area contributed by atoms with Gasteiger partial charge in [0.2, 0.25) is 0 Å². The maximum absolute atomic E-state index is 10.7. The number of aromatic nitrogens is 3. The molecule has 11 heavy (non-hydrogen) atoms. The number of nitrogens with one attached hydrogen (secondary N) is 1. The zero-order valence-electron chi connectivity index (χ0n) is 5.61. The van der Waals surface area contributed by atoms with E-state index in [-0.39, 0.29) is 5.69 Å². The molecule has 0 radical (unpaired) electrons. The van der Waals surface area contributed by atoms with Gasteiger partial charge in [0.25, 0.3) is 0 Å². The molecule has 0 amide bonds.